The number of hydrogen-bond acceptors (Lipinski definition) is 6. The number of hydrogen-bond donors (Lipinski definition) is 1. The van der Waals surface area contributed by atoms with Gasteiger partial charge in [0.2, 0.25) is 0 Å². The number of nitrogens with zero attached hydrogens (tertiary/aromatic N) is 5. The van der Waals surface area contributed by atoms with Crippen LogP contribution >= 0.6 is 0 Å². The second-order valence-corrected chi connectivity index (χ2v) is 8.91. The molecular weight excluding hydrogens is 420 g/mol. The van der Waals surface area contributed by atoms with Crippen LogP contribution in [0.15, 0.2) is 50.2 Å². The summed E-state index contributed by atoms with van der Waals surface area (Å²) in [7, 11) is 3.24. The van der Waals surface area contributed by atoms with Crippen LogP contribution in [0.3, 0.4) is 0 Å². The third-order valence-corrected chi connectivity index (χ3v) is 6.93. The van der Waals surface area contributed by atoms with E-state index < -0.39 is 0 Å². The number of aromatic nitrogens is 1. The largest absolute Gasteiger partial charge is 0.355 e. The topological polar surface area (TPSA) is 99.4 Å². The lowest BCUT2D eigenvalue weighted by Gasteiger charge is -2.36. The van der Waals surface area contributed by atoms with Crippen LogP contribution < -0.4 is 15.8 Å². The van der Waals surface area contributed by atoms with Gasteiger partial charge in [-0.3, -0.25) is 28.8 Å². The third kappa shape index (κ3) is 3.76. The third-order valence-electron chi connectivity index (χ3n) is 6.93. The number of amides is 2. The molecule has 33 heavy (non-hydrogen) atoms. The van der Waals surface area contributed by atoms with Gasteiger partial charge in [-0.25, -0.2) is 4.99 Å². The summed E-state index contributed by atoms with van der Waals surface area (Å²) >= 11 is 0. The van der Waals surface area contributed by atoms with Crippen molar-refractivity contribution in [3.05, 3.63) is 51.3 Å². The van der Waals surface area contributed by atoms with Gasteiger partial charge in [0.1, 0.15) is 17.4 Å². The number of anilines is 1. The van der Waals surface area contributed by atoms with E-state index in [0.29, 0.717) is 18.5 Å². The van der Waals surface area contributed by atoms with E-state index in [-0.39, 0.29) is 29.0 Å². The molecule has 0 radical (unpaired) electrons. The lowest BCUT2D eigenvalue weighted by atomic mass is 9.98. The molecule has 4 heterocycles. The molecular formula is C24H28N6O3. The van der Waals surface area contributed by atoms with E-state index in [0.717, 1.165) is 48.7 Å². The van der Waals surface area contributed by atoms with E-state index in [9.17, 15) is 14.4 Å². The van der Waals surface area contributed by atoms with Crippen LogP contribution in [-0.4, -0.2) is 78.0 Å². The Labute approximate surface area is 192 Å². The quantitative estimate of drug-likeness (QED) is 0.715. The average molecular weight is 449 g/mol. The molecule has 172 valence electrons. The van der Waals surface area contributed by atoms with E-state index in [2.05, 4.69) is 25.1 Å². The van der Waals surface area contributed by atoms with E-state index in [1.165, 1.54) is 7.05 Å². The van der Waals surface area contributed by atoms with Gasteiger partial charge in [-0.15, -0.1) is 0 Å². The highest BCUT2D eigenvalue weighted by molar-refractivity contribution is 6.16. The number of carbonyl (C=O) groups excluding carboxylic acids is 2. The SMILES string of the molecule is CCC1=CC2N=CC(CN3CCN(c4ccc(C(=O)NC)c(=O)n4C)[C@@H]4C[C@@H]43)=CC2=NC1=O. The zero-order valence-electron chi connectivity index (χ0n) is 19.1. The molecule has 2 amide bonds. The lowest BCUT2D eigenvalue weighted by molar-refractivity contribution is -0.114. The molecule has 3 aliphatic heterocycles. The van der Waals surface area contributed by atoms with Gasteiger partial charge in [-0.2, -0.15) is 0 Å². The first-order chi connectivity index (χ1) is 15.9. The predicted octanol–water partition coefficient (Wildman–Crippen LogP) is 0.705. The van der Waals surface area contributed by atoms with E-state index in [4.69, 9.17) is 0 Å². The fourth-order valence-corrected chi connectivity index (χ4v) is 5.00. The lowest BCUT2D eigenvalue weighted by Crippen LogP contribution is -2.48. The molecule has 4 aliphatic rings. The minimum absolute atomic E-state index is 0.147. The summed E-state index contributed by atoms with van der Waals surface area (Å²) in [6.45, 7) is 4.37. The molecule has 0 spiro atoms. The maximum absolute atomic E-state index is 12.7. The average Bonchev–Trinajstić information content (AvgIpc) is 3.62. The van der Waals surface area contributed by atoms with E-state index in [1.54, 1.807) is 17.7 Å². The monoisotopic (exact) mass is 448 g/mol. The number of fused-ring (bicyclic) bond motifs is 2. The highest BCUT2D eigenvalue weighted by atomic mass is 16.2. The molecule has 2 fully saturated rings. The molecule has 0 aromatic carbocycles. The minimum Gasteiger partial charge on any atom is -0.355 e. The zero-order chi connectivity index (χ0) is 23.3. The van der Waals surface area contributed by atoms with Crippen LogP contribution in [0.2, 0.25) is 0 Å². The first kappa shape index (κ1) is 21.5. The maximum atomic E-state index is 12.7. The van der Waals surface area contributed by atoms with Crippen molar-refractivity contribution in [1.82, 2.24) is 14.8 Å². The summed E-state index contributed by atoms with van der Waals surface area (Å²) < 4.78 is 1.57. The standard InChI is InChI=1S/C24H28N6O3/c1-4-15-10-17-18(27-22(15)31)9-14(12-26-17)13-29-7-8-30(20-11-19(20)29)21-6-5-16(23(32)25-2)24(33)28(21)3/h5-6,9-10,12,17,19-20H,4,7-8,11,13H2,1-3H3,(H,25,32)/t17?,19-,20+/m0/s1. The summed E-state index contributed by atoms with van der Waals surface area (Å²) in [4.78, 5) is 50.3. The minimum atomic E-state index is -0.369. The normalized spacial score (nSPS) is 26.2. The molecule has 1 saturated carbocycles. The van der Waals surface area contributed by atoms with Gasteiger partial charge in [0, 0.05) is 57.6 Å². The second kappa shape index (κ2) is 8.22. The number of rotatable bonds is 5. The Kier molecular flexibility index (Phi) is 5.36. The summed E-state index contributed by atoms with van der Waals surface area (Å²) in [5.74, 6) is 0.321. The molecule has 1 aliphatic carbocycles. The van der Waals surface area contributed by atoms with Gasteiger partial charge in [0.15, 0.2) is 0 Å². The molecule has 0 bridgehead atoms. The summed E-state index contributed by atoms with van der Waals surface area (Å²) in [5.41, 5.74) is 2.39. The zero-order valence-corrected chi connectivity index (χ0v) is 19.1. The van der Waals surface area contributed by atoms with E-state index in [1.807, 2.05) is 31.4 Å². The molecule has 1 saturated heterocycles. The number of aliphatic imine (C=N–C) groups is 2. The Balaban J connectivity index is 1.27. The van der Waals surface area contributed by atoms with Gasteiger partial charge in [0.05, 0.1) is 5.71 Å². The van der Waals surface area contributed by atoms with Gasteiger partial charge in [-0.1, -0.05) is 6.92 Å². The van der Waals surface area contributed by atoms with Crippen molar-refractivity contribution >= 4 is 29.6 Å². The summed E-state index contributed by atoms with van der Waals surface area (Å²) in [5, 5.41) is 2.52. The fourth-order valence-electron chi connectivity index (χ4n) is 5.00. The number of pyridine rings is 1. The Morgan fingerprint density at radius 1 is 1.21 bits per heavy atom. The first-order valence-corrected chi connectivity index (χ1v) is 11.4. The smallest absolute Gasteiger partial charge is 0.272 e. The highest BCUT2D eigenvalue weighted by Gasteiger charge is 2.49. The van der Waals surface area contributed by atoms with Crippen LogP contribution in [0.5, 0.6) is 0 Å². The van der Waals surface area contributed by atoms with Crippen LogP contribution in [-0.2, 0) is 11.8 Å². The predicted molar refractivity (Wildman–Crippen MR) is 127 cm³/mol. The Bertz CT molecular complexity index is 1210. The fraction of sp³-hybridized carbons (Fsp3) is 0.458. The number of dihydropyridines is 2. The summed E-state index contributed by atoms with van der Waals surface area (Å²) in [6.07, 6.45) is 7.54. The van der Waals surface area contributed by atoms with E-state index >= 15 is 0 Å². The molecule has 3 atom stereocenters. The van der Waals surface area contributed by atoms with Crippen molar-refractivity contribution in [1.29, 1.82) is 0 Å². The van der Waals surface area contributed by atoms with Crippen molar-refractivity contribution in [2.24, 2.45) is 17.0 Å². The molecule has 9 nitrogen and oxygen atoms in total. The van der Waals surface area contributed by atoms with Crippen LogP contribution in [0, 0.1) is 0 Å². The number of carbonyl (C=O) groups is 2. The van der Waals surface area contributed by atoms with Crippen molar-refractivity contribution in [3.8, 4) is 0 Å². The van der Waals surface area contributed by atoms with Crippen molar-refractivity contribution in [3.63, 3.8) is 0 Å². The maximum Gasteiger partial charge on any atom is 0.272 e. The molecule has 1 aromatic heterocycles. The van der Waals surface area contributed by atoms with Crippen molar-refractivity contribution < 1.29 is 9.59 Å². The Morgan fingerprint density at radius 2 is 2.03 bits per heavy atom. The van der Waals surface area contributed by atoms with Gasteiger partial charge in [0.25, 0.3) is 17.4 Å². The van der Waals surface area contributed by atoms with Crippen LogP contribution in [0.1, 0.15) is 30.1 Å². The first-order valence-electron chi connectivity index (χ1n) is 11.4. The molecule has 1 aromatic rings. The molecule has 5 rings (SSSR count). The summed E-state index contributed by atoms with van der Waals surface area (Å²) in [6, 6.07) is 4.08. The second-order valence-electron chi connectivity index (χ2n) is 8.91. The van der Waals surface area contributed by atoms with Crippen LogP contribution in [0.25, 0.3) is 0 Å². The van der Waals surface area contributed by atoms with Gasteiger partial charge >= 0.3 is 0 Å². The Morgan fingerprint density at radius 3 is 2.79 bits per heavy atom. The van der Waals surface area contributed by atoms with Gasteiger partial charge < -0.3 is 10.2 Å². The molecule has 1 unspecified atom stereocenters. The molecule has 9 heteroatoms. The highest BCUT2D eigenvalue weighted by Crippen LogP contribution is 2.39. The van der Waals surface area contributed by atoms with Crippen molar-refractivity contribution in [2.75, 3.05) is 31.6 Å². The Hall–Kier alpha value is -3.33. The van der Waals surface area contributed by atoms with Crippen LogP contribution in [0.4, 0.5) is 5.82 Å². The molecule has 1 N–H and O–H groups in total. The van der Waals surface area contributed by atoms with Gasteiger partial charge in [-0.05, 0) is 42.7 Å². The number of nitrogens with one attached hydrogen (secondary N) is 1. The van der Waals surface area contributed by atoms with Crippen molar-refractivity contribution in [2.45, 2.75) is 37.9 Å². The number of piperazine rings is 1.